The van der Waals surface area contributed by atoms with Crippen LogP contribution in [0.15, 0.2) is 54.4 Å². The molecule has 98 valence electrons. The van der Waals surface area contributed by atoms with Crippen LogP contribution in [0, 0.1) is 0 Å². The minimum atomic E-state index is -0.889. The van der Waals surface area contributed by atoms with E-state index >= 15 is 0 Å². The number of hydrogen-bond donors (Lipinski definition) is 1. The first-order valence-corrected chi connectivity index (χ1v) is 6.04. The van der Waals surface area contributed by atoms with Crippen molar-refractivity contribution in [3.05, 3.63) is 71.1 Å². The van der Waals surface area contributed by atoms with E-state index in [0.29, 0.717) is 5.57 Å². The van der Waals surface area contributed by atoms with Gasteiger partial charge in [-0.2, -0.15) is 0 Å². The molecule has 0 spiro atoms. The molecule has 1 N–H and O–H groups in total. The van der Waals surface area contributed by atoms with E-state index in [1.165, 1.54) is 5.56 Å². The molecule has 0 fully saturated rings. The second-order valence-corrected chi connectivity index (χ2v) is 4.41. The molecular weight excluding hydrogens is 261 g/mol. The molecule has 0 bridgehead atoms. The van der Waals surface area contributed by atoms with Crippen molar-refractivity contribution in [2.24, 2.45) is 0 Å². The molecular formula is C16H16NNaO2. The first-order valence-electron chi connectivity index (χ1n) is 6.04. The van der Waals surface area contributed by atoms with Crippen molar-refractivity contribution in [1.82, 2.24) is 4.98 Å². The molecule has 0 aliphatic rings. The van der Waals surface area contributed by atoms with E-state index in [1.807, 2.05) is 42.6 Å². The van der Waals surface area contributed by atoms with Crippen LogP contribution < -0.4 is 0 Å². The van der Waals surface area contributed by atoms with E-state index in [0.717, 1.165) is 17.5 Å². The van der Waals surface area contributed by atoms with Crippen molar-refractivity contribution in [1.29, 1.82) is 0 Å². The van der Waals surface area contributed by atoms with Crippen LogP contribution in [-0.4, -0.2) is 45.6 Å². The summed E-state index contributed by atoms with van der Waals surface area (Å²) in [5.41, 5.74) is 3.57. The van der Waals surface area contributed by atoms with E-state index in [2.05, 4.69) is 4.98 Å². The van der Waals surface area contributed by atoms with Crippen molar-refractivity contribution in [3.63, 3.8) is 0 Å². The minimum absolute atomic E-state index is 0. The maximum absolute atomic E-state index is 10.7. The number of carboxylic acid groups (broad SMARTS) is 1. The Balaban J connectivity index is 0.00000200. The van der Waals surface area contributed by atoms with Crippen LogP contribution in [0.4, 0.5) is 0 Å². The normalized spacial score (nSPS) is 10.8. The first kappa shape index (κ1) is 16.6. The van der Waals surface area contributed by atoms with Gasteiger partial charge in [0, 0.05) is 18.0 Å². The Morgan fingerprint density at radius 2 is 1.90 bits per heavy atom. The molecule has 0 saturated heterocycles. The molecule has 1 heterocycles. The summed E-state index contributed by atoms with van der Waals surface area (Å²) >= 11 is 0. The summed E-state index contributed by atoms with van der Waals surface area (Å²) in [6.07, 6.45) is 6.10. The van der Waals surface area contributed by atoms with Crippen LogP contribution in [0.2, 0.25) is 0 Å². The maximum atomic E-state index is 10.7. The molecule has 0 amide bonds. The zero-order valence-electron chi connectivity index (χ0n) is 10.7. The van der Waals surface area contributed by atoms with Gasteiger partial charge in [0.05, 0.1) is 0 Å². The Kier molecular flexibility index (Phi) is 6.65. The molecule has 0 atom stereocenters. The average Bonchev–Trinajstić information content (AvgIpc) is 2.42. The standard InChI is InChI=1S/C16H15NO2.Na.H/c1-12(16(18)19)9-13-4-6-14(7-5-13)10-15-3-2-8-17-11-15;;/h2-9,11H,10H2,1H3,(H,18,19);;. The number of carbonyl (C=O) groups is 1. The predicted molar refractivity (Wildman–Crippen MR) is 81.9 cm³/mol. The Bertz CT molecular complexity index is 592. The SMILES string of the molecule is CC(=Cc1ccc(Cc2cccnc2)cc1)C(=O)O.[NaH]. The molecule has 1 aromatic heterocycles. The Morgan fingerprint density at radius 1 is 1.20 bits per heavy atom. The second-order valence-electron chi connectivity index (χ2n) is 4.41. The summed E-state index contributed by atoms with van der Waals surface area (Å²) < 4.78 is 0. The van der Waals surface area contributed by atoms with Gasteiger partial charge in [0.25, 0.3) is 0 Å². The summed E-state index contributed by atoms with van der Waals surface area (Å²) in [6, 6.07) is 11.8. The van der Waals surface area contributed by atoms with Crippen LogP contribution >= 0.6 is 0 Å². The fourth-order valence-corrected chi connectivity index (χ4v) is 1.78. The van der Waals surface area contributed by atoms with Gasteiger partial charge >= 0.3 is 35.5 Å². The molecule has 2 aromatic rings. The van der Waals surface area contributed by atoms with Gasteiger partial charge in [-0.1, -0.05) is 30.3 Å². The van der Waals surface area contributed by atoms with Crippen molar-refractivity contribution in [3.8, 4) is 0 Å². The number of benzene rings is 1. The topological polar surface area (TPSA) is 50.2 Å². The van der Waals surface area contributed by atoms with Gasteiger partial charge in [-0.25, -0.2) is 4.79 Å². The number of aliphatic carboxylic acids is 1. The molecule has 3 nitrogen and oxygen atoms in total. The van der Waals surface area contributed by atoms with E-state index in [1.54, 1.807) is 19.2 Å². The van der Waals surface area contributed by atoms with Crippen LogP contribution in [0.25, 0.3) is 6.08 Å². The summed E-state index contributed by atoms with van der Waals surface area (Å²) in [4.78, 5) is 14.8. The zero-order chi connectivity index (χ0) is 13.7. The number of aromatic nitrogens is 1. The number of rotatable bonds is 4. The molecule has 4 heteroatoms. The number of carboxylic acids is 1. The van der Waals surface area contributed by atoms with Gasteiger partial charge < -0.3 is 5.11 Å². The fraction of sp³-hybridized carbons (Fsp3) is 0.125. The monoisotopic (exact) mass is 277 g/mol. The zero-order valence-corrected chi connectivity index (χ0v) is 10.7. The molecule has 1 aromatic carbocycles. The molecule has 0 saturated carbocycles. The van der Waals surface area contributed by atoms with E-state index in [4.69, 9.17) is 5.11 Å². The first-order chi connectivity index (χ1) is 9.15. The third-order valence-corrected chi connectivity index (χ3v) is 2.83. The average molecular weight is 277 g/mol. The third kappa shape index (κ3) is 4.93. The summed E-state index contributed by atoms with van der Waals surface area (Å²) in [6.45, 7) is 1.59. The van der Waals surface area contributed by atoms with Crippen molar-refractivity contribution in [2.45, 2.75) is 13.3 Å². The summed E-state index contributed by atoms with van der Waals surface area (Å²) in [5.74, 6) is -0.889. The Labute approximate surface area is 140 Å². The van der Waals surface area contributed by atoms with Crippen LogP contribution in [0.1, 0.15) is 23.6 Å². The number of hydrogen-bond acceptors (Lipinski definition) is 2. The van der Waals surface area contributed by atoms with Gasteiger partial charge in [-0.05, 0) is 42.2 Å². The Morgan fingerprint density at radius 3 is 2.45 bits per heavy atom. The quantitative estimate of drug-likeness (QED) is 0.690. The second kappa shape index (κ2) is 8.00. The van der Waals surface area contributed by atoms with Gasteiger partial charge in [0.1, 0.15) is 0 Å². The summed E-state index contributed by atoms with van der Waals surface area (Å²) in [7, 11) is 0. The molecule has 0 unspecified atom stereocenters. The molecule has 0 radical (unpaired) electrons. The van der Waals surface area contributed by atoms with Crippen LogP contribution in [-0.2, 0) is 11.2 Å². The van der Waals surface area contributed by atoms with Gasteiger partial charge in [0.15, 0.2) is 0 Å². The third-order valence-electron chi connectivity index (χ3n) is 2.83. The van der Waals surface area contributed by atoms with Crippen LogP contribution in [0.3, 0.4) is 0 Å². The molecule has 0 aliphatic heterocycles. The fourth-order valence-electron chi connectivity index (χ4n) is 1.78. The van der Waals surface area contributed by atoms with Gasteiger partial charge in [-0.15, -0.1) is 0 Å². The molecule has 20 heavy (non-hydrogen) atoms. The molecule has 0 aliphatic carbocycles. The van der Waals surface area contributed by atoms with Crippen molar-refractivity contribution in [2.75, 3.05) is 0 Å². The molecule has 2 rings (SSSR count). The van der Waals surface area contributed by atoms with E-state index < -0.39 is 5.97 Å². The van der Waals surface area contributed by atoms with E-state index in [-0.39, 0.29) is 29.6 Å². The Hall–Kier alpha value is -1.42. The number of nitrogens with zero attached hydrogens (tertiary/aromatic N) is 1. The van der Waals surface area contributed by atoms with Crippen LogP contribution in [0.5, 0.6) is 0 Å². The van der Waals surface area contributed by atoms with E-state index in [9.17, 15) is 4.79 Å². The number of pyridine rings is 1. The predicted octanol–water partition coefficient (Wildman–Crippen LogP) is 2.51. The van der Waals surface area contributed by atoms with Crippen molar-refractivity contribution >= 4 is 41.6 Å². The van der Waals surface area contributed by atoms with Crippen molar-refractivity contribution < 1.29 is 9.90 Å². The van der Waals surface area contributed by atoms with Gasteiger partial charge in [-0.3, -0.25) is 4.98 Å². The summed E-state index contributed by atoms with van der Waals surface area (Å²) in [5, 5.41) is 8.82. The van der Waals surface area contributed by atoms with Gasteiger partial charge in [0.2, 0.25) is 0 Å².